The first-order valence-corrected chi connectivity index (χ1v) is 5.37. The molecule has 0 aliphatic carbocycles. The summed E-state index contributed by atoms with van der Waals surface area (Å²) in [6, 6.07) is 8.31. The number of rotatable bonds is 3. The first kappa shape index (κ1) is 10.8. The summed E-state index contributed by atoms with van der Waals surface area (Å²) in [7, 11) is 0. The highest BCUT2D eigenvalue weighted by Gasteiger charge is 2.05. The van der Waals surface area contributed by atoms with E-state index in [0.29, 0.717) is 6.54 Å². The molecule has 0 saturated carbocycles. The largest absolute Gasteiger partial charge is 0.330 e. The van der Waals surface area contributed by atoms with Gasteiger partial charge in [-0.05, 0) is 31.5 Å². The van der Waals surface area contributed by atoms with Gasteiger partial charge in [0.05, 0.1) is 5.69 Å². The Morgan fingerprint density at radius 3 is 2.94 bits per heavy atom. The highest BCUT2D eigenvalue weighted by atomic mass is 14.8. The Labute approximate surface area is 95.4 Å². The van der Waals surface area contributed by atoms with Crippen LogP contribution in [0, 0.1) is 6.92 Å². The third kappa shape index (κ3) is 2.25. The average Bonchev–Trinajstić information content (AvgIpc) is 2.30. The topological polar surface area (TPSA) is 51.8 Å². The Hall–Kier alpha value is -1.74. The number of aromatic nitrogens is 2. The molecule has 0 radical (unpaired) electrons. The van der Waals surface area contributed by atoms with E-state index in [-0.39, 0.29) is 0 Å². The van der Waals surface area contributed by atoms with Crippen molar-refractivity contribution in [2.45, 2.75) is 13.3 Å². The van der Waals surface area contributed by atoms with Crippen molar-refractivity contribution in [2.75, 3.05) is 6.54 Å². The van der Waals surface area contributed by atoms with E-state index in [1.165, 1.54) is 5.56 Å². The fourth-order valence-corrected chi connectivity index (χ4v) is 1.75. The van der Waals surface area contributed by atoms with Gasteiger partial charge >= 0.3 is 0 Å². The average molecular weight is 213 g/mol. The third-order valence-electron chi connectivity index (χ3n) is 2.49. The molecule has 0 aliphatic rings. The minimum atomic E-state index is 0.617. The van der Waals surface area contributed by atoms with Crippen molar-refractivity contribution < 1.29 is 0 Å². The molecule has 3 heteroatoms. The third-order valence-corrected chi connectivity index (χ3v) is 2.49. The summed E-state index contributed by atoms with van der Waals surface area (Å²) in [4.78, 5) is 8.39. The van der Waals surface area contributed by atoms with Gasteiger partial charge in [-0.2, -0.15) is 0 Å². The summed E-state index contributed by atoms with van der Waals surface area (Å²) >= 11 is 0. The Balaban J connectivity index is 2.46. The van der Waals surface area contributed by atoms with E-state index in [1.807, 2.05) is 12.3 Å². The van der Waals surface area contributed by atoms with E-state index < -0.39 is 0 Å². The Kier molecular flexibility index (Phi) is 3.27. The van der Waals surface area contributed by atoms with Crippen molar-refractivity contribution in [1.29, 1.82) is 0 Å². The lowest BCUT2D eigenvalue weighted by atomic mass is 10.0. The van der Waals surface area contributed by atoms with Crippen LogP contribution in [0.15, 0.2) is 36.8 Å². The Morgan fingerprint density at radius 2 is 2.19 bits per heavy atom. The molecule has 0 aliphatic heterocycles. The monoisotopic (exact) mass is 213 g/mol. The molecule has 2 rings (SSSR count). The number of nitrogens with two attached hydrogens (primary N) is 1. The molecule has 82 valence electrons. The van der Waals surface area contributed by atoms with Crippen LogP contribution in [0.2, 0.25) is 0 Å². The quantitative estimate of drug-likeness (QED) is 0.847. The molecular weight excluding hydrogens is 198 g/mol. The summed E-state index contributed by atoms with van der Waals surface area (Å²) in [5.41, 5.74) is 10.0. The van der Waals surface area contributed by atoms with Gasteiger partial charge in [-0.1, -0.05) is 23.8 Å². The van der Waals surface area contributed by atoms with Crippen LogP contribution in [0.3, 0.4) is 0 Å². The zero-order valence-electron chi connectivity index (χ0n) is 9.35. The minimum Gasteiger partial charge on any atom is -0.330 e. The second-order valence-electron chi connectivity index (χ2n) is 3.80. The van der Waals surface area contributed by atoms with Gasteiger partial charge in [0, 0.05) is 11.8 Å². The van der Waals surface area contributed by atoms with Gasteiger partial charge in [0.2, 0.25) is 0 Å². The van der Waals surface area contributed by atoms with Crippen molar-refractivity contribution in [3.63, 3.8) is 0 Å². The zero-order valence-corrected chi connectivity index (χ0v) is 9.35. The van der Waals surface area contributed by atoms with Gasteiger partial charge in [0.1, 0.15) is 6.33 Å². The molecule has 2 aromatic rings. The standard InChI is InChI=1S/C13H15N3/c1-10-3-2-4-11(7-10)13-12(5-6-14)8-15-9-16-13/h2-4,7-9H,5-6,14H2,1H3. The molecule has 0 saturated heterocycles. The maximum atomic E-state index is 5.58. The number of hydrogen-bond acceptors (Lipinski definition) is 3. The molecule has 1 aromatic carbocycles. The first-order valence-electron chi connectivity index (χ1n) is 5.37. The van der Waals surface area contributed by atoms with E-state index >= 15 is 0 Å². The SMILES string of the molecule is Cc1cccc(-c2ncncc2CCN)c1. The number of aryl methyl sites for hydroxylation is 1. The fraction of sp³-hybridized carbons (Fsp3) is 0.231. The maximum absolute atomic E-state index is 5.58. The van der Waals surface area contributed by atoms with Crippen molar-refractivity contribution in [1.82, 2.24) is 9.97 Å². The van der Waals surface area contributed by atoms with E-state index in [2.05, 4.69) is 35.1 Å². The molecule has 1 heterocycles. The molecule has 0 unspecified atom stereocenters. The van der Waals surface area contributed by atoms with Crippen LogP contribution in [0.4, 0.5) is 0 Å². The molecule has 0 bridgehead atoms. The highest BCUT2D eigenvalue weighted by molar-refractivity contribution is 5.63. The number of hydrogen-bond donors (Lipinski definition) is 1. The van der Waals surface area contributed by atoms with Crippen LogP contribution in [-0.2, 0) is 6.42 Å². The first-order chi connectivity index (χ1) is 7.81. The zero-order chi connectivity index (χ0) is 11.4. The van der Waals surface area contributed by atoms with Gasteiger partial charge < -0.3 is 5.73 Å². The second kappa shape index (κ2) is 4.86. The van der Waals surface area contributed by atoms with Gasteiger partial charge in [0.25, 0.3) is 0 Å². The predicted octanol–water partition coefficient (Wildman–Crippen LogP) is 1.95. The van der Waals surface area contributed by atoms with Crippen LogP contribution >= 0.6 is 0 Å². The van der Waals surface area contributed by atoms with Gasteiger partial charge in [-0.3, -0.25) is 0 Å². The van der Waals surface area contributed by atoms with Crippen molar-refractivity contribution in [3.05, 3.63) is 47.9 Å². The number of nitrogens with zero attached hydrogens (tertiary/aromatic N) is 2. The smallest absolute Gasteiger partial charge is 0.116 e. The lowest BCUT2D eigenvalue weighted by Crippen LogP contribution is -2.05. The molecule has 2 N–H and O–H groups in total. The summed E-state index contributed by atoms with van der Waals surface area (Å²) in [5, 5.41) is 0. The summed E-state index contributed by atoms with van der Waals surface area (Å²) in [6.45, 7) is 2.69. The molecule has 0 fully saturated rings. The molecule has 1 aromatic heterocycles. The van der Waals surface area contributed by atoms with Gasteiger partial charge in [-0.25, -0.2) is 9.97 Å². The molecule has 0 atom stereocenters. The number of benzene rings is 1. The summed E-state index contributed by atoms with van der Waals surface area (Å²) < 4.78 is 0. The molecule has 3 nitrogen and oxygen atoms in total. The van der Waals surface area contributed by atoms with E-state index in [0.717, 1.165) is 23.2 Å². The van der Waals surface area contributed by atoms with Crippen molar-refractivity contribution in [2.24, 2.45) is 5.73 Å². The minimum absolute atomic E-state index is 0.617. The van der Waals surface area contributed by atoms with Crippen LogP contribution in [-0.4, -0.2) is 16.5 Å². The Morgan fingerprint density at radius 1 is 1.31 bits per heavy atom. The van der Waals surface area contributed by atoms with Gasteiger partial charge in [-0.15, -0.1) is 0 Å². The lowest BCUT2D eigenvalue weighted by Gasteiger charge is -2.07. The van der Waals surface area contributed by atoms with E-state index in [9.17, 15) is 0 Å². The van der Waals surface area contributed by atoms with E-state index in [4.69, 9.17) is 5.73 Å². The van der Waals surface area contributed by atoms with Gasteiger partial charge in [0.15, 0.2) is 0 Å². The predicted molar refractivity (Wildman–Crippen MR) is 65.0 cm³/mol. The molecule has 0 amide bonds. The highest BCUT2D eigenvalue weighted by Crippen LogP contribution is 2.21. The molecule has 16 heavy (non-hydrogen) atoms. The van der Waals surface area contributed by atoms with Crippen LogP contribution in [0.5, 0.6) is 0 Å². The Bertz CT molecular complexity index is 480. The summed E-state index contributed by atoms with van der Waals surface area (Å²) in [6.07, 6.45) is 4.24. The summed E-state index contributed by atoms with van der Waals surface area (Å²) in [5.74, 6) is 0. The maximum Gasteiger partial charge on any atom is 0.116 e. The van der Waals surface area contributed by atoms with Crippen LogP contribution in [0.25, 0.3) is 11.3 Å². The molecular formula is C13H15N3. The second-order valence-corrected chi connectivity index (χ2v) is 3.80. The fourth-order valence-electron chi connectivity index (χ4n) is 1.75. The van der Waals surface area contributed by atoms with Crippen LogP contribution < -0.4 is 5.73 Å². The van der Waals surface area contributed by atoms with Crippen molar-refractivity contribution >= 4 is 0 Å². The van der Waals surface area contributed by atoms with Crippen LogP contribution in [0.1, 0.15) is 11.1 Å². The normalized spacial score (nSPS) is 10.4. The lowest BCUT2D eigenvalue weighted by molar-refractivity contribution is 0.944. The molecule has 0 spiro atoms. The van der Waals surface area contributed by atoms with E-state index in [1.54, 1.807) is 6.33 Å². The van der Waals surface area contributed by atoms with Crippen molar-refractivity contribution in [3.8, 4) is 11.3 Å².